The Kier molecular flexibility index (Phi) is 7.19. The Balaban J connectivity index is 1.80. The van der Waals surface area contributed by atoms with Crippen LogP contribution in [0.5, 0.6) is 5.75 Å². The molecule has 0 aliphatic carbocycles. The third kappa shape index (κ3) is 6.06. The van der Waals surface area contributed by atoms with Crippen LogP contribution in [-0.4, -0.2) is 36.1 Å². The summed E-state index contributed by atoms with van der Waals surface area (Å²) in [6.07, 6.45) is 4.84. The molecule has 25 heavy (non-hydrogen) atoms. The number of rotatable bonds is 9. The number of methoxy groups -OCH3 is 1. The molecule has 2 aromatic rings. The fourth-order valence-electron chi connectivity index (χ4n) is 2.34. The molecule has 0 spiro atoms. The second-order valence-corrected chi connectivity index (χ2v) is 6.21. The molecule has 1 amide bonds. The lowest BCUT2D eigenvalue weighted by Crippen LogP contribution is -2.26. The van der Waals surface area contributed by atoms with Crippen molar-refractivity contribution in [2.75, 3.05) is 25.5 Å². The largest absolute Gasteiger partial charge is 0.496 e. The average molecular weight is 342 g/mol. The van der Waals surface area contributed by atoms with Crippen molar-refractivity contribution in [3.8, 4) is 5.75 Å². The third-order valence-electron chi connectivity index (χ3n) is 3.78. The van der Waals surface area contributed by atoms with Gasteiger partial charge in [-0.2, -0.15) is 0 Å². The first-order chi connectivity index (χ1) is 12.1. The Labute approximate surface area is 149 Å². The van der Waals surface area contributed by atoms with E-state index < -0.39 is 0 Å². The summed E-state index contributed by atoms with van der Waals surface area (Å²) in [5.41, 5.74) is 1.37. The van der Waals surface area contributed by atoms with Crippen LogP contribution in [0.4, 0.5) is 5.82 Å². The van der Waals surface area contributed by atoms with Gasteiger partial charge in [0.2, 0.25) is 0 Å². The van der Waals surface area contributed by atoms with Gasteiger partial charge in [0, 0.05) is 13.1 Å². The van der Waals surface area contributed by atoms with Crippen molar-refractivity contribution >= 4 is 11.7 Å². The van der Waals surface area contributed by atoms with Gasteiger partial charge in [0.1, 0.15) is 17.3 Å². The number of amides is 1. The van der Waals surface area contributed by atoms with E-state index in [0.29, 0.717) is 30.4 Å². The van der Waals surface area contributed by atoms with E-state index in [1.165, 1.54) is 6.20 Å². The SMILES string of the molecule is COc1ccccc1CCNC(=O)c1cnc(NCCC(C)C)cn1. The van der Waals surface area contributed by atoms with Gasteiger partial charge in [-0.05, 0) is 30.4 Å². The summed E-state index contributed by atoms with van der Waals surface area (Å²) in [7, 11) is 1.64. The number of aromatic nitrogens is 2. The van der Waals surface area contributed by atoms with Crippen LogP contribution in [0.3, 0.4) is 0 Å². The molecule has 0 radical (unpaired) electrons. The highest BCUT2D eigenvalue weighted by molar-refractivity contribution is 5.92. The van der Waals surface area contributed by atoms with E-state index >= 15 is 0 Å². The van der Waals surface area contributed by atoms with Gasteiger partial charge in [-0.3, -0.25) is 4.79 Å². The maximum absolute atomic E-state index is 12.1. The van der Waals surface area contributed by atoms with Crippen molar-refractivity contribution in [2.45, 2.75) is 26.7 Å². The Bertz CT molecular complexity index is 671. The molecule has 0 saturated heterocycles. The summed E-state index contributed by atoms with van der Waals surface area (Å²) in [5, 5.41) is 6.06. The lowest BCUT2D eigenvalue weighted by molar-refractivity contribution is 0.0948. The molecule has 1 aromatic carbocycles. The van der Waals surface area contributed by atoms with Gasteiger partial charge in [0.25, 0.3) is 5.91 Å². The quantitative estimate of drug-likeness (QED) is 0.733. The van der Waals surface area contributed by atoms with Crippen molar-refractivity contribution in [3.05, 3.63) is 47.9 Å². The molecule has 2 N–H and O–H groups in total. The van der Waals surface area contributed by atoms with E-state index in [4.69, 9.17) is 4.74 Å². The van der Waals surface area contributed by atoms with Crippen LogP contribution in [0.2, 0.25) is 0 Å². The number of ether oxygens (including phenoxy) is 1. The number of carbonyl (C=O) groups excluding carboxylic acids is 1. The molecule has 0 atom stereocenters. The van der Waals surface area contributed by atoms with Crippen LogP contribution in [-0.2, 0) is 6.42 Å². The normalized spacial score (nSPS) is 10.6. The highest BCUT2D eigenvalue weighted by Gasteiger charge is 2.08. The minimum atomic E-state index is -0.226. The van der Waals surface area contributed by atoms with E-state index in [-0.39, 0.29) is 5.91 Å². The summed E-state index contributed by atoms with van der Waals surface area (Å²) in [6.45, 7) is 5.70. The van der Waals surface area contributed by atoms with Crippen molar-refractivity contribution in [1.82, 2.24) is 15.3 Å². The Hall–Kier alpha value is -2.63. The smallest absolute Gasteiger partial charge is 0.271 e. The fourth-order valence-corrected chi connectivity index (χ4v) is 2.34. The minimum absolute atomic E-state index is 0.226. The topological polar surface area (TPSA) is 76.1 Å². The highest BCUT2D eigenvalue weighted by atomic mass is 16.5. The van der Waals surface area contributed by atoms with Crippen LogP contribution < -0.4 is 15.4 Å². The summed E-state index contributed by atoms with van der Waals surface area (Å²) >= 11 is 0. The number of hydrogen-bond donors (Lipinski definition) is 2. The Morgan fingerprint density at radius 1 is 1.16 bits per heavy atom. The molecule has 6 nitrogen and oxygen atoms in total. The monoisotopic (exact) mass is 342 g/mol. The fraction of sp³-hybridized carbons (Fsp3) is 0.421. The summed E-state index contributed by atoms with van der Waals surface area (Å²) in [5.74, 6) is 1.92. The molecule has 0 aliphatic heterocycles. The van der Waals surface area contributed by atoms with E-state index in [1.807, 2.05) is 24.3 Å². The van der Waals surface area contributed by atoms with E-state index in [2.05, 4.69) is 34.4 Å². The first kappa shape index (κ1) is 18.7. The molecule has 2 rings (SSSR count). The molecule has 0 bridgehead atoms. The van der Waals surface area contributed by atoms with E-state index in [9.17, 15) is 4.79 Å². The minimum Gasteiger partial charge on any atom is -0.496 e. The number of nitrogens with zero attached hydrogens (tertiary/aromatic N) is 2. The molecule has 0 aliphatic rings. The number of para-hydroxylation sites is 1. The Morgan fingerprint density at radius 2 is 1.96 bits per heavy atom. The van der Waals surface area contributed by atoms with Crippen LogP contribution in [0, 0.1) is 5.92 Å². The molecule has 6 heteroatoms. The number of anilines is 1. The van der Waals surface area contributed by atoms with Gasteiger partial charge in [-0.15, -0.1) is 0 Å². The molecular weight excluding hydrogens is 316 g/mol. The standard InChI is InChI=1S/C19H26N4O2/c1-14(2)8-10-20-18-13-22-16(12-23-18)19(24)21-11-9-15-6-4-5-7-17(15)25-3/h4-7,12-14H,8-11H2,1-3H3,(H,20,23)(H,21,24). The maximum atomic E-state index is 12.1. The average Bonchev–Trinajstić information content (AvgIpc) is 2.62. The first-order valence-electron chi connectivity index (χ1n) is 8.56. The lowest BCUT2D eigenvalue weighted by atomic mass is 10.1. The lowest BCUT2D eigenvalue weighted by Gasteiger charge is -2.09. The van der Waals surface area contributed by atoms with Gasteiger partial charge >= 0.3 is 0 Å². The van der Waals surface area contributed by atoms with Gasteiger partial charge in [-0.1, -0.05) is 32.0 Å². The zero-order valence-corrected chi connectivity index (χ0v) is 15.1. The van der Waals surface area contributed by atoms with Crippen molar-refractivity contribution in [2.24, 2.45) is 5.92 Å². The van der Waals surface area contributed by atoms with Crippen molar-refractivity contribution in [3.63, 3.8) is 0 Å². The second-order valence-electron chi connectivity index (χ2n) is 6.21. The van der Waals surface area contributed by atoms with Crippen molar-refractivity contribution < 1.29 is 9.53 Å². The first-order valence-corrected chi connectivity index (χ1v) is 8.56. The van der Waals surface area contributed by atoms with Crippen LogP contribution in [0.15, 0.2) is 36.7 Å². The van der Waals surface area contributed by atoms with Gasteiger partial charge in [0.05, 0.1) is 19.5 Å². The van der Waals surface area contributed by atoms with E-state index in [0.717, 1.165) is 24.3 Å². The maximum Gasteiger partial charge on any atom is 0.271 e. The summed E-state index contributed by atoms with van der Waals surface area (Å²) in [6, 6.07) is 7.78. The highest BCUT2D eigenvalue weighted by Crippen LogP contribution is 2.17. The van der Waals surface area contributed by atoms with E-state index in [1.54, 1.807) is 13.3 Å². The zero-order valence-electron chi connectivity index (χ0n) is 15.1. The number of benzene rings is 1. The zero-order chi connectivity index (χ0) is 18.1. The summed E-state index contributed by atoms with van der Waals surface area (Å²) in [4.78, 5) is 20.5. The number of hydrogen-bond acceptors (Lipinski definition) is 5. The molecular formula is C19H26N4O2. The molecule has 0 fully saturated rings. The predicted molar refractivity (Wildman–Crippen MR) is 99.0 cm³/mol. The van der Waals surface area contributed by atoms with Gasteiger partial charge in [-0.25, -0.2) is 9.97 Å². The molecule has 1 heterocycles. The number of carbonyl (C=O) groups is 1. The molecule has 134 valence electrons. The second kappa shape index (κ2) is 9.61. The van der Waals surface area contributed by atoms with Crippen LogP contribution >= 0.6 is 0 Å². The molecule has 0 unspecified atom stereocenters. The number of nitrogens with one attached hydrogen (secondary N) is 2. The molecule has 0 saturated carbocycles. The van der Waals surface area contributed by atoms with Crippen LogP contribution in [0.1, 0.15) is 36.3 Å². The predicted octanol–water partition coefficient (Wildman–Crippen LogP) is 2.92. The Morgan fingerprint density at radius 3 is 2.64 bits per heavy atom. The van der Waals surface area contributed by atoms with Gasteiger partial charge in [0.15, 0.2) is 0 Å². The molecule has 1 aromatic heterocycles. The van der Waals surface area contributed by atoms with Gasteiger partial charge < -0.3 is 15.4 Å². The van der Waals surface area contributed by atoms with Crippen molar-refractivity contribution in [1.29, 1.82) is 0 Å². The third-order valence-corrected chi connectivity index (χ3v) is 3.78. The van der Waals surface area contributed by atoms with Crippen LogP contribution in [0.25, 0.3) is 0 Å². The summed E-state index contributed by atoms with van der Waals surface area (Å²) < 4.78 is 5.31.